The van der Waals surface area contributed by atoms with Gasteiger partial charge in [0, 0.05) is 17.6 Å². The first-order valence-electron chi connectivity index (χ1n) is 8.67. The van der Waals surface area contributed by atoms with Crippen molar-refractivity contribution in [3.05, 3.63) is 46.5 Å². The molecular weight excluding hydrogens is 368 g/mol. The van der Waals surface area contributed by atoms with Gasteiger partial charge in [0.05, 0.1) is 19.3 Å². The lowest BCUT2D eigenvalue weighted by Crippen LogP contribution is -2.30. The number of rotatable bonds is 6. The molecule has 0 aromatic heterocycles. The van der Waals surface area contributed by atoms with E-state index >= 15 is 0 Å². The van der Waals surface area contributed by atoms with E-state index in [1.54, 1.807) is 19.2 Å². The first-order chi connectivity index (χ1) is 13.0. The minimum absolute atomic E-state index is 0.130. The molecule has 1 aliphatic rings. The van der Waals surface area contributed by atoms with E-state index in [2.05, 4.69) is 5.32 Å². The maximum atomic E-state index is 12.4. The Morgan fingerprint density at radius 3 is 2.70 bits per heavy atom. The fourth-order valence-electron chi connectivity index (χ4n) is 2.92. The standard InChI is InChI=1S/C20H23ClN2O4/c1-13-8-16(18(25-3)10-15(13)21)22-20(24)12-23(2)11-14-4-5-17-19(9-14)27-7-6-26-17/h4-5,8-10H,6-7,11-12H2,1-3H3,(H,22,24). The van der Waals surface area contributed by atoms with Crippen LogP contribution in [0.4, 0.5) is 5.69 Å². The lowest BCUT2D eigenvalue weighted by Gasteiger charge is -2.21. The average molecular weight is 391 g/mol. The second-order valence-electron chi connectivity index (χ2n) is 6.50. The lowest BCUT2D eigenvalue weighted by atomic mass is 10.2. The molecule has 2 aromatic carbocycles. The molecule has 0 radical (unpaired) electrons. The van der Waals surface area contributed by atoms with Gasteiger partial charge in [-0.1, -0.05) is 17.7 Å². The Morgan fingerprint density at radius 2 is 1.96 bits per heavy atom. The molecule has 2 aromatic rings. The number of likely N-dealkylation sites (N-methyl/N-ethyl adjacent to an activating group) is 1. The zero-order valence-corrected chi connectivity index (χ0v) is 16.4. The van der Waals surface area contributed by atoms with Crippen LogP contribution >= 0.6 is 11.6 Å². The van der Waals surface area contributed by atoms with Crippen molar-refractivity contribution in [1.82, 2.24) is 4.90 Å². The number of hydrogen-bond acceptors (Lipinski definition) is 5. The third-order valence-corrected chi connectivity index (χ3v) is 4.63. The maximum absolute atomic E-state index is 12.4. The van der Waals surface area contributed by atoms with Gasteiger partial charge in [-0.05, 0) is 43.3 Å². The number of nitrogens with one attached hydrogen (secondary N) is 1. The van der Waals surface area contributed by atoms with Gasteiger partial charge >= 0.3 is 0 Å². The molecule has 1 aliphatic heterocycles. The van der Waals surface area contributed by atoms with E-state index in [-0.39, 0.29) is 12.5 Å². The number of hydrogen-bond donors (Lipinski definition) is 1. The van der Waals surface area contributed by atoms with Gasteiger partial charge in [-0.25, -0.2) is 0 Å². The molecule has 0 saturated carbocycles. The van der Waals surface area contributed by atoms with Crippen LogP contribution in [0.3, 0.4) is 0 Å². The fraction of sp³-hybridized carbons (Fsp3) is 0.350. The number of methoxy groups -OCH3 is 1. The molecule has 3 rings (SSSR count). The maximum Gasteiger partial charge on any atom is 0.238 e. The fourth-order valence-corrected chi connectivity index (χ4v) is 3.07. The first-order valence-corrected chi connectivity index (χ1v) is 9.05. The van der Waals surface area contributed by atoms with Crippen molar-refractivity contribution in [3.63, 3.8) is 0 Å². The number of carbonyl (C=O) groups is 1. The van der Waals surface area contributed by atoms with Crippen molar-refractivity contribution < 1.29 is 19.0 Å². The van der Waals surface area contributed by atoms with E-state index < -0.39 is 0 Å². The summed E-state index contributed by atoms with van der Waals surface area (Å²) in [6.45, 7) is 3.85. The number of aryl methyl sites for hydroxylation is 1. The second-order valence-corrected chi connectivity index (χ2v) is 6.91. The number of anilines is 1. The summed E-state index contributed by atoms with van der Waals surface area (Å²) in [5, 5.41) is 3.48. The molecule has 1 amide bonds. The van der Waals surface area contributed by atoms with E-state index in [1.165, 1.54) is 0 Å². The molecule has 7 heteroatoms. The Hall–Kier alpha value is -2.44. The summed E-state index contributed by atoms with van der Waals surface area (Å²) in [4.78, 5) is 14.4. The van der Waals surface area contributed by atoms with Gasteiger partial charge in [0.25, 0.3) is 0 Å². The van der Waals surface area contributed by atoms with E-state index in [1.807, 2.05) is 37.1 Å². The first kappa shape index (κ1) is 19.3. The number of halogens is 1. The van der Waals surface area contributed by atoms with Crippen molar-refractivity contribution >= 4 is 23.2 Å². The van der Waals surface area contributed by atoms with Gasteiger partial charge in [0.15, 0.2) is 11.5 Å². The summed E-state index contributed by atoms with van der Waals surface area (Å²) in [7, 11) is 3.44. The highest BCUT2D eigenvalue weighted by Gasteiger charge is 2.15. The van der Waals surface area contributed by atoms with Gasteiger partial charge in [0.1, 0.15) is 19.0 Å². The summed E-state index contributed by atoms with van der Waals surface area (Å²) < 4.78 is 16.4. The summed E-state index contributed by atoms with van der Waals surface area (Å²) >= 11 is 6.11. The predicted molar refractivity (Wildman–Crippen MR) is 105 cm³/mol. The zero-order valence-electron chi connectivity index (χ0n) is 15.7. The SMILES string of the molecule is COc1cc(Cl)c(C)cc1NC(=O)CN(C)Cc1ccc2c(c1)OCCO2. The Balaban J connectivity index is 1.60. The summed E-state index contributed by atoms with van der Waals surface area (Å²) in [6, 6.07) is 9.34. The van der Waals surface area contributed by atoms with Gasteiger partial charge in [0.2, 0.25) is 5.91 Å². The normalized spacial score (nSPS) is 12.8. The van der Waals surface area contributed by atoms with Gasteiger partial charge < -0.3 is 19.5 Å². The summed E-state index contributed by atoms with van der Waals surface area (Å²) in [5.41, 5.74) is 2.53. The largest absolute Gasteiger partial charge is 0.495 e. The number of ether oxygens (including phenoxy) is 3. The molecule has 27 heavy (non-hydrogen) atoms. The van der Waals surface area contributed by atoms with Crippen LogP contribution in [0.25, 0.3) is 0 Å². The average Bonchev–Trinajstić information content (AvgIpc) is 2.64. The molecular formula is C20H23ClN2O4. The van der Waals surface area contributed by atoms with Crippen molar-refractivity contribution in [2.24, 2.45) is 0 Å². The number of carbonyl (C=O) groups excluding carboxylic acids is 1. The number of amides is 1. The van der Waals surface area contributed by atoms with Crippen molar-refractivity contribution in [1.29, 1.82) is 0 Å². The van der Waals surface area contributed by atoms with E-state index in [4.69, 9.17) is 25.8 Å². The Labute approximate surface area is 164 Å². The van der Waals surface area contributed by atoms with E-state index in [0.29, 0.717) is 36.2 Å². The molecule has 6 nitrogen and oxygen atoms in total. The Morgan fingerprint density at radius 1 is 1.22 bits per heavy atom. The second kappa shape index (κ2) is 8.50. The number of benzene rings is 2. The van der Waals surface area contributed by atoms with Crippen molar-refractivity contribution in [2.45, 2.75) is 13.5 Å². The van der Waals surface area contributed by atoms with Crippen LogP contribution in [0, 0.1) is 6.92 Å². The third kappa shape index (κ3) is 4.84. The number of fused-ring (bicyclic) bond motifs is 1. The molecule has 1 heterocycles. The van der Waals surface area contributed by atoms with Crippen LogP contribution in [0.15, 0.2) is 30.3 Å². The monoisotopic (exact) mass is 390 g/mol. The summed E-state index contributed by atoms with van der Waals surface area (Å²) in [6.07, 6.45) is 0. The van der Waals surface area contributed by atoms with Gasteiger partial charge in [-0.3, -0.25) is 9.69 Å². The van der Waals surface area contributed by atoms with E-state index in [9.17, 15) is 4.79 Å². The smallest absolute Gasteiger partial charge is 0.238 e. The molecule has 0 fully saturated rings. The van der Waals surface area contributed by atoms with Gasteiger partial charge in [-0.15, -0.1) is 0 Å². The van der Waals surface area contributed by atoms with Crippen molar-refractivity contribution in [2.75, 3.05) is 39.2 Å². The minimum atomic E-state index is -0.130. The molecule has 0 saturated heterocycles. The molecule has 0 aliphatic carbocycles. The highest BCUT2D eigenvalue weighted by Crippen LogP contribution is 2.32. The molecule has 0 unspecified atom stereocenters. The minimum Gasteiger partial charge on any atom is -0.495 e. The lowest BCUT2D eigenvalue weighted by molar-refractivity contribution is -0.117. The Bertz CT molecular complexity index is 841. The molecule has 0 bridgehead atoms. The predicted octanol–water partition coefficient (Wildman–Crippen LogP) is 3.50. The van der Waals surface area contributed by atoms with Crippen LogP contribution in [-0.4, -0.2) is 44.7 Å². The highest BCUT2D eigenvalue weighted by atomic mass is 35.5. The van der Waals surface area contributed by atoms with Crippen molar-refractivity contribution in [3.8, 4) is 17.2 Å². The quantitative estimate of drug-likeness (QED) is 0.818. The van der Waals surface area contributed by atoms with Crippen LogP contribution in [0.5, 0.6) is 17.2 Å². The zero-order chi connectivity index (χ0) is 19.4. The van der Waals surface area contributed by atoms with E-state index in [0.717, 1.165) is 22.6 Å². The van der Waals surface area contributed by atoms with Crippen LogP contribution < -0.4 is 19.5 Å². The molecule has 1 N–H and O–H groups in total. The third-order valence-electron chi connectivity index (χ3n) is 4.23. The topological polar surface area (TPSA) is 60.0 Å². The molecule has 0 atom stereocenters. The molecule has 144 valence electrons. The number of nitrogens with zero attached hydrogens (tertiary/aromatic N) is 1. The molecule has 0 spiro atoms. The Kier molecular flexibility index (Phi) is 6.08. The van der Waals surface area contributed by atoms with Crippen LogP contribution in [-0.2, 0) is 11.3 Å². The van der Waals surface area contributed by atoms with Gasteiger partial charge in [-0.2, -0.15) is 0 Å². The summed E-state index contributed by atoms with van der Waals surface area (Å²) in [5.74, 6) is 1.91. The highest BCUT2D eigenvalue weighted by molar-refractivity contribution is 6.31. The van der Waals surface area contributed by atoms with Crippen LogP contribution in [0.1, 0.15) is 11.1 Å². The van der Waals surface area contributed by atoms with Crippen LogP contribution in [0.2, 0.25) is 5.02 Å².